The van der Waals surface area contributed by atoms with E-state index >= 15 is 0 Å². The molecule has 1 aromatic rings. The molecular formula is C15H26N4O2S. The summed E-state index contributed by atoms with van der Waals surface area (Å²) in [5.41, 5.74) is 1.11. The first kappa shape index (κ1) is 17.1. The van der Waals surface area contributed by atoms with Crippen LogP contribution in [0.15, 0.2) is 6.20 Å². The zero-order valence-corrected chi connectivity index (χ0v) is 14.7. The molecule has 1 saturated heterocycles. The Bertz CT molecular complexity index is 618. The van der Waals surface area contributed by atoms with Gasteiger partial charge in [0.05, 0.1) is 6.26 Å². The van der Waals surface area contributed by atoms with Crippen LogP contribution in [0.25, 0.3) is 0 Å². The molecule has 0 unspecified atom stereocenters. The second kappa shape index (κ2) is 6.91. The predicted molar refractivity (Wildman–Crippen MR) is 88.5 cm³/mol. The highest BCUT2D eigenvalue weighted by molar-refractivity contribution is 7.88. The molecule has 0 spiro atoms. The fourth-order valence-electron chi connectivity index (χ4n) is 3.12. The van der Waals surface area contributed by atoms with Crippen molar-refractivity contribution in [3.63, 3.8) is 0 Å². The van der Waals surface area contributed by atoms with E-state index in [1.807, 2.05) is 13.1 Å². The monoisotopic (exact) mass is 326 g/mol. The average Bonchev–Trinajstić information content (AvgIpc) is 2.80. The minimum Gasteiger partial charge on any atom is -0.354 e. The molecule has 2 atom stereocenters. The first-order chi connectivity index (χ1) is 10.3. The van der Waals surface area contributed by atoms with Crippen molar-refractivity contribution >= 4 is 15.8 Å². The van der Waals surface area contributed by atoms with Gasteiger partial charge in [0, 0.05) is 30.9 Å². The van der Waals surface area contributed by atoms with Crippen molar-refractivity contribution in [2.75, 3.05) is 24.2 Å². The summed E-state index contributed by atoms with van der Waals surface area (Å²) in [7, 11) is -3.20. The van der Waals surface area contributed by atoms with E-state index in [9.17, 15) is 8.42 Å². The first-order valence-corrected chi connectivity index (χ1v) is 9.78. The van der Waals surface area contributed by atoms with Crippen LogP contribution in [0, 0.1) is 12.8 Å². The van der Waals surface area contributed by atoms with Crippen molar-refractivity contribution in [3.05, 3.63) is 17.6 Å². The lowest BCUT2D eigenvalue weighted by Gasteiger charge is -2.20. The Balaban J connectivity index is 2.25. The molecule has 0 bridgehead atoms. The maximum absolute atomic E-state index is 11.6. The van der Waals surface area contributed by atoms with Gasteiger partial charge in [0.15, 0.2) is 0 Å². The minimum atomic E-state index is -3.20. The molecule has 0 aromatic carbocycles. The lowest BCUT2D eigenvalue weighted by atomic mass is 9.99. The van der Waals surface area contributed by atoms with Crippen molar-refractivity contribution in [3.8, 4) is 0 Å². The van der Waals surface area contributed by atoms with E-state index < -0.39 is 10.0 Å². The number of hydrogen-bond donors (Lipinski definition) is 1. The molecule has 22 heavy (non-hydrogen) atoms. The number of aromatic nitrogens is 2. The maximum Gasteiger partial charge on any atom is 0.209 e. The molecule has 124 valence electrons. The lowest BCUT2D eigenvalue weighted by molar-refractivity contribution is 0.442. The van der Waals surface area contributed by atoms with Crippen molar-refractivity contribution in [1.82, 2.24) is 14.7 Å². The standard InChI is InChI=1S/C15H26N4O2S/c1-5-7-13-9-19(10-14(13)18-22(4,20)21)15-12(6-2)8-16-11(3)17-15/h8,13-14,18H,5-7,9-10H2,1-4H3/t13-,14-/m0/s1. The van der Waals surface area contributed by atoms with Crippen molar-refractivity contribution in [2.45, 2.75) is 46.1 Å². The Morgan fingerprint density at radius 3 is 2.68 bits per heavy atom. The molecule has 1 aliphatic heterocycles. The molecule has 2 heterocycles. The van der Waals surface area contributed by atoms with E-state index in [-0.39, 0.29) is 6.04 Å². The molecule has 7 heteroatoms. The summed E-state index contributed by atoms with van der Waals surface area (Å²) in [4.78, 5) is 11.1. The predicted octanol–water partition coefficient (Wildman–Crippen LogP) is 1.50. The third-order valence-electron chi connectivity index (χ3n) is 4.11. The second-order valence-corrected chi connectivity index (χ2v) is 7.85. The Morgan fingerprint density at radius 2 is 2.09 bits per heavy atom. The lowest BCUT2D eigenvalue weighted by Crippen LogP contribution is -2.40. The highest BCUT2D eigenvalue weighted by atomic mass is 32.2. The van der Waals surface area contributed by atoms with Gasteiger partial charge in [-0.1, -0.05) is 20.3 Å². The van der Waals surface area contributed by atoms with Crippen LogP contribution in [0.3, 0.4) is 0 Å². The number of sulfonamides is 1. The fraction of sp³-hybridized carbons (Fsp3) is 0.733. The smallest absolute Gasteiger partial charge is 0.209 e. The van der Waals surface area contributed by atoms with Gasteiger partial charge in [-0.15, -0.1) is 0 Å². The fourth-order valence-corrected chi connectivity index (χ4v) is 3.94. The summed E-state index contributed by atoms with van der Waals surface area (Å²) in [5, 5.41) is 0. The molecule has 0 saturated carbocycles. The van der Waals surface area contributed by atoms with Crippen molar-refractivity contribution < 1.29 is 8.42 Å². The zero-order valence-electron chi connectivity index (χ0n) is 13.8. The van der Waals surface area contributed by atoms with E-state index in [2.05, 4.69) is 33.4 Å². The number of hydrogen-bond acceptors (Lipinski definition) is 5. The van der Waals surface area contributed by atoms with Gasteiger partial charge in [0.1, 0.15) is 11.6 Å². The maximum atomic E-state index is 11.6. The minimum absolute atomic E-state index is 0.0464. The van der Waals surface area contributed by atoms with Gasteiger partial charge in [-0.25, -0.2) is 23.1 Å². The molecule has 2 rings (SSSR count). The van der Waals surface area contributed by atoms with Crippen LogP contribution in [0.2, 0.25) is 0 Å². The summed E-state index contributed by atoms with van der Waals surface area (Å²) < 4.78 is 26.0. The molecule has 0 amide bonds. The average molecular weight is 326 g/mol. The highest BCUT2D eigenvalue weighted by Crippen LogP contribution is 2.28. The van der Waals surface area contributed by atoms with E-state index in [4.69, 9.17) is 0 Å². The summed E-state index contributed by atoms with van der Waals surface area (Å²) in [6.45, 7) is 7.61. The van der Waals surface area contributed by atoms with Crippen LogP contribution in [-0.2, 0) is 16.4 Å². The van der Waals surface area contributed by atoms with Crippen LogP contribution in [0.5, 0.6) is 0 Å². The molecule has 1 N–H and O–H groups in total. The summed E-state index contributed by atoms with van der Waals surface area (Å²) in [5.74, 6) is 2.02. The molecule has 0 radical (unpaired) electrons. The van der Waals surface area contributed by atoms with Crippen LogP contribution >= 0.6 is 0 Å². The van der Waals surface area contributed by atoms with Crippen LogP contribution < -0.4 is 9.62 Å². The Morgan fingerprint density at radius 1 is 1.36 bits per heavy atom. The van der Waals surface area contributed by atoms with Crippen LogP contribution in [0.4, 0.5) is 5.82 Å². The number of rotatable bonds is 6. The van der Waals surface area contributed by atoms with E-state index in [1.54, 1.807) is 0 Å². The van der Waals surface area contributed by atoms with Gasteiger partial charge in [-0.2, -0.15) is 0 Å². The molecular weight excluding hydrogens is 300 g/mol. The molecule has 1 aromatic heterocycles. The molecule has 0 aliphatic carbocycles. The van der Waals surface area contributed by atoms with Gasteiger partial charge in [0.2, 0.25) is 10.0 Å². The van der Waals surface area contributed by atoms with Crippen LogP contribution in [0.1, 0.15) is 38.1 Å². The number of anilines is 1. The summed E-state index contributed by atoms with van der Waals surface area (Å²) in [6.07, 6.45) is 6.03. The Hall–Kier alpha value is -1.21. The SMILES string of the molecule is CCC[C@H]1CN(c2nc(C)ncc2CC)C[C@@H]1NS(C)(=O)=O. The molecule has 1 aliphatic rings. The van der Waals surface area contributed by atoms with Crippen molar-refractivity contribution in [1.29, 1.82) is 0 Å². The molecule has 6 nitrogen and oxygen atoms in total. The number of nitrogens with one attached hydrogen (secondary N) is 1. The van der Waals surface area contributed by atoms with E-state index in [0.29, 0.717) is 12.5 Å². The van der Waals surface area contributed by atoms with Crippen LogP contribution in [-0.4, -0.2) is 43.8 Å². The van der Waals surface area contributed by atoms with Gasteiger partial charge < -0.3 is 4.90 Å². The van der Waals surface area contributed by atoms with E-state index in [0.717, 1.165) is 43.0 Å². The Kier molecular flexibility index (Phi) is 5.39. The quantitative estimate of drug-likeness (QED) is 0.857. The number of nitrogens with zero attached hydrogens (tertiary/aromatic N) is 3. The largest absolute Gasteiger partial charge is 0.354 e. The van der Waals surface area contributed by atoms with Gasteiger partial charge >= 0.3 is 0 Å². The third-order valence-corrected chi connectivity index (χ3v) is 4.84. The summed E-state index contributed by atoms with van der Waals surface area (Å²) in [6, 6.07) is -0.0464. The number of aryl methyl sites for hydroxylation is 2. The molecule has 1 fully saturated rings. The second-order valence-electron chi connectivity index (χ2n) is 6.07. The van der Waals surface area contributed by atoms with Gasteiger partial charge in [-0.3, -0.25) is 0 Å². The Labute approximate surface area is 133 Å². The van der Waals surface area contributed by atoms with Gasteiger partial charge in [0.25, 0.3) is 0 Å². The first-order valence-electron chi connectivity index (χ1n) is 7.88. The van der Waals surface area contributed by atoms with Gasteiger partial charge in [-0.05, 0) is 25.7 Å². The highest BCUT2D eigenvalue weighted by Gasteiger charge is 2.35. The topological polar surface area (TPSA) is 75.2 Å². The van der Waals surface area contributed by atoms with E-state index in [1.165, 1.54) is 6.26 Å². The zero-order chi connectivity index (χ0) is 16.3. The normalized spacial score (nSPS) is 22.3. The third kappa shape index (κ3) is 4.16. The van der Waals surface area contributed by atoms with Crippen molar-refractivity contribution in [2.24, 2.45) is 5.92 Å². The summed E-state index contributed by atoms with van der Waals surface area (Å²) >= 11 is 0.